The van der Waals surface area contributed by atoms with Crippen LogP contribution in [0.15, 0.2) is 41.1 Å². The standard InChI is InChI=1S/C15H20N2O4/c1-19-15-5-4-12(8-17-15)7-16-9-13(18)10-20-11-14-3-2-6-21-14/h2-6,8,13,16,18H,7,9-11H2,1H3. The molecule has 0 amide bonds. The lowest BCUT2D eigenvalue weighted by Crippen LogP contribution is -2.30. The number of aliphatic hydroxyl groups is 1. The van der Waals surface area contributed by atoms with Crippen LogP contribution in [0.5, 0.6) is 5.88 Å². The average molecular weight is 292 g/mol. The van der Waals surface area contributed by atoms with Crippen LogP contribution in [0, 0.1) is 0 Å². The molecule has 0 saturated heterocycles. The summed E-state index contributed by atoms with van der Waals surface area (Å²) in [5.41, 5.74) is 1.03. The van der Waals surface area contributed by atoms with Crippen molar-refractivity contribution in [3.8, 4) is 5.88 Å². The maximum Gasteiger partial charge on any atom is 0.212 e. The highest BCUT2D eigenvalue weighted by molar-refractivity contribution is 5.17. The largest absolute Gasteiger partial charge is 0.481 e. The van der Waals surface area contributed by atoms with Crippen LogP contribution in [0.2, 0.25) is 0 Å². The number of rotatable bonds is 9. The van der Waals surface area contributed by atoms with Gasteiger partial charge < -0.3 is 24.3 Å². The molecule has 1 unspecified atom stereocenters. The van der Waals surface area contributed by atoms with Crippen molar-refractivity contribution >= 4 is 0 Å². The van der Waals surface area contributed by atoms with Crippen molar-refractivity contribution in [2.45, 2.75) is 19.3 Å². The minimum atomic E-state index is -0.564. The zero-order chi connectivity index (χ0) is 14.9. The molecule has 0 spiro atoms. The predicted molar refractivity (Wildman–Crippen MR) is 76.9 cm³/mol. The average Bonchev–Trinajstić information content (AvgIpc) is 3.01. The van der Waals surface area contributed by atoms with Crippen molar-refractivity contribution in [3.63, 3.8) is 0 Å². The molecule has 0 fully saturated rings. The van der Waals surface area contributed by atoms with Crippen LogP contribution in [0.1, 0.15) is 11.3 Å². The van der Waals surface area contributed by atoms with E-state index in [2.05, 4.69) is 10.3 Å². The minimum absolute atomic E-state index is 0.258. The first-order chi connectivity index (χ1) is 10.3. The van der Waals surface area contributed by atoms with Gasteiger partial charge in [-0.15, -0.1) is 0 Å². The summed E-state index contributed by atoms with van der Waals surface area (Å²) < 4.78 is 15.5. The number of aliphatic hydroxyl groups excluding tert-OH is 1. The van der Waals surface area contributed by atoms with Crippen LogP contribution in [0.4, 0.5) is 0 Å². The smallest absolute Gasteiger partial charge is 0.212 e. The number of nitrogens with one attached hydrogen (secondary N) is 1. The fourth-order valence-electron chi connectivity index (χ4n) is 1.77. The van der Waals surface area contributed by atoms with Gasteiger partial charge in [0.1, 0.15) is 12.4 Å². The van der Waals surface area contributed by atoms with E-state index < -0.39 is 6.10 Å². The summed E-state index contributed by atoms with van der Waals surface area (Å²) in [6.45, 7) is 1.71. The Morgan fingerprint density at radius 3 is 2.95 bits per heavy atom. The Morgan fingerprint density at radius 2 is 2.29 bits per heavy atom. The molecule has 21 heavy (non-hydrogen) atoms. The maximum absolute atomic E-state index is 9.78. The number of ether oxygens (including phenoxy) is 2. The Kier molecular flexibility index (Phi) is 6.21. The molecule has 114 valence electrons. The van der Waals surface area contributed by atoms with E-state index in [4.69, 9.17) is 13.9 Å². The lowest BCUT2D eigenvalue weighted by molar-refractivity contribution is 0.0225. The highest BCUT2D eigenvalue weighted by atomic mass is 16.5. The zero-order valence-electron chi connectivity index (χ0n) is 12.0. The molecular formula is C15H20N2O4. The molecule has 0 radical (unpaired) electrons. The quantitative estimate of drug-likeness (QED) is 0.726. The van der Waals surface area contributed by atoms with Crippen molar-refractivity contribution in [3.05, 3.63) is 48.0 Å². The van der Waals surface area contributed by atoms with Gasteiger partial charge >= 0.3 is 0 Å². The van der Waals surface area contributed by atoms with Crippen molar-refractivity contribution in [1.29, 1.82) is 0 Å². The van der Waals surface area contributed by atoms with Crippen molar-refractivity contribution in [2.75, 3.05) is 20.3 Å². The fourth-order valence-corrected chi connectivity index (χ4v) is 1.77. The van der Waals surface area contributed by atoms with Gasteiger partial charge in [-0.05, 0) is 17.7 Å². The normalized spacial score (nSPS) is 12.3. The molecule has 0 saturated carbocycles. The molecule has 2 heterocycles. The number of hydrogen-bond donors (Lipinski definition) is 2. The number of furan rings is 1. The Balaban J connectivity index is 1.58. The summed E-state index contributed by atoms with van der Waals surface area (Å²) in [5.74, 6) is 1.34. The first kappa shape index (κ1) is 15.5. The molecule has 0 aromatic carbocycles. The molecule has 0 aliphatic heterocycles. The number of aromatic nitrogens is 1. The van der Waals surface area contributed by atoms with Gasteiger partial charge in [-0.1, -0.05) is 6.07 Å². The molecule has 2 N–H and O–H groups in total. The lowest BCUT2D eigenvalue weighted by atomic mass is 10.2. The van der Waals surface area contributed by atoms with Gasteiger partial charge in [0.05, 0.1) is 26.1 Å². The van der Waals surface area contributed by atoms with Crippen molar-refractivity contribution in [2.24, 2.45) is 0 Å². The Hall–Kier alpha value is -1.89. The molecule has 6 nitrogen and oxygen atoms in total. The molecule has 0 bridgehead atoms. The zero-order valence-corrected chi connectivity index (χ0v) is 12.0. The molecule has 1 atom stereocenters. The van der Waals surface area contributed by atoms with Gasteiger partial charge in [0, 0.05) is 25.4 Å². The van der Waals surface area contributed by atoms with E-state index in [-0.39, 0.29) is 6.61 Å². The van der Waals surface area contributed by atoms with Crippen LogP contribution >= 0.6 is 0 Å². The van der Waals surface area contributed by atoms with E-state index >= 15 is 0 Å². The second kappa shape index (κ2) is 8.41. The van der Waals surface area contributed by atoms with E-state index in [1.54, 1.807) is 31.7 Å². The molecule has 2 aromatic heterocycles. The third-order valence-electron chi connectivity index (χ3n) is 2.85. The van der Waals surface area contributed by atoms with E-state index in [0.717, 1.165) is 11.3 Å². The van der Waals surface area contributed by atoms with Crippen LogP contribution in [0.3, 0.4) is 0 Å². The molecular weight excluding hydrogens is 272 g/mol. The van der Waals surface area contributed by atoms with Gasteiger partial charge in [-0.25, -0.2) is 4.98 Å². The van der Waals surface area contributed by atoms with Crippen molar-refractivity contribution < 1.29 is 19.0 Å². The van der Waals surface area contributed by atoms with Gasteiger partial charge in [0.15, 0.2) is 0 Å². The maximum atomic E-state index is 9.78. The number of methoxy groups -OCH3 is 1. The molecule has 2 rings (SSSR count). The Bertz CT molecular complexity index is 499. The monoisotopic (exact) mass is 292 g/mol. The van der Waals surface area contributed by atoms with Gasteiger partial charge in [-0.2, -0.15) is 0 Å². The fraction of sp³-hybridized carbons (Fsp3) is 0.400. The molecule has 0 aliphatic rings. The number of nitrogens with zero attached hydrogens (tertiary/aromatic N) is 1. The second-order valence-electron chi connectivity index (χ2n) is 4.59. The van der Waals surface area contributed by atoms with Gasteiger partial charge in [-0.3, -0.25) is 0 Å². The van der Waals surface area contributed by atoms with E-state index in [9.17, 15) is 5.11 Å². The van der Waals surface area contributed by atoms with Crippen LogP contribution in [-0.4, -0.2) is 36.5 Å². The molecule has 6 heteroatoms. The van der Waals surface area contributed by atoms with Crippen LogP contribution < -0.4 is 10.1 Å². The summed E-state index contributed by atoms with van der Waals surface area (Å²) in [4.78, 5) is 4.11. The van der Waals surface area contributed by atoms with E-state index in [0.29, 0.717) is 25.6 Å². The number of hydrogen-bond acceptors (Lipinski definition) is 6. The Morgan fingerprint density at radius 1 is 1.38 bits per heavy atom. The summed E-state index contributed by atoms with van der Waals surface area (Å²) in [7, 11) is 1.58. The second-order valence-corrected chi connectivity index (χ2v) is 4.59. The number of pyridine rings is 1. The topological polar surface area (TPSA) is 76.8 Å². The van der Waals surface area contributed by atoms with Crippen LogP contribution in [-0.2, 0) is 17.9 Å². The van der Waals surface area contributed by atoms with E-state index in [1.807, 2.05) is 12.1 Å². The lowest BCUT2D eigenvalue weighted by Gasteiger charge is -2.12. The Labute approximate surface area is 123 Å². The summed E-state index contributed by atoms with van der Waals surface area (Å²) >= 11 is 0. The van der Waals surface area contributed by atoms with Gasteiger partial charge in [0.25, 0.3) is 0 Å². The predicted octanol–water partition coefficient (Wildman–Crippen LogP) is 1.35. The first-order valence-electron chi connectivity index (χ1n) is 6.75. The first-order valence-corrected chi connectivity index (χ1v) is 6.75. The summed E-state index contributed by atoms with van der Waals surface area (Å²) in [6, 6.07) is 7.37. The highest BCUT2D eigenvalue weighted by Gasteiger charge is 2.05. The SMILES string of the molecule is COc1ccc(CNCC(O)COCc2ccco2)cn1. The van der Waals surface area contributed by atoms with Gasteiger partial charge in [0.2, 0.25) is 5.88 Å². The molecule has 2 aromatic rings. The van der Waals surface area contributed by atoms with Crippen molar-refractivity contribution in [1.82, 2.24) is 10.3 Å². The summed E-state index contributed by atoms with van der Waals surface area (Å²) in [6.07, 6.45) is 2.77. The molecule has 0 aliphatic carbocycles. The third-order valence-corrected chi connectivity index (χ3v) is 2.85. The van der Waals surface area contributed by atoms with Crippen LogP contribution in [0.25, 0.3) is 0 Å². The summed E-state index contributed by atoms with van der Waals surface area (Å²) in [5, 5.41) is 12.9. The highest BCUT2D eigenvalue weighted by Crippen LogP contribution is 2.06. The van der Waals surface area contributed by atoms with E-state index in [1.165, 1.54) is 0 Å². The minimum Gasteiger partial charge on any atom is -0.481 e. The third kappa shape index (κ3) is 5.55.